The van der Waals surface area contributed by atoms with Gasteiger partial charge in [-0.15, -0.1) is 11.3 Å². The molecule has 0 saturated carbocycles. The van der Waals surface area contributed by atoms with E-state index in [9.17, 15) is 9.59 Å². The summed E-state index contributed by atoms with van der Waals surface area (Å²) in [6, 6.07) is 9.02. The molecule has 0 fully saturated rings. The first kappa shape index (κ1) is 25.8. The maximum atomic E-state index is 13.1. The number of fused-ring (bicyclic) bond motifs is 1. The van der Waals surface area contributed by atoms with Gasteiger partial charge in [-0.1, -0.05) is 12.6 Å². The summed E-state index contributed by atoms with van der Waals surface area (Å²) in [6.07, 6.45) is 2.81. The fourth-order valence-electron chi connectivity index (χ4n) is 3.81. The van der Waals surface area contributed by atoms with E-state index in [1.54, 1.807) is 35.0 Å². The van der Waals surface area contributed by atoms with E-state index in [1.807, 2.05) is 43.6 Å². The Bertz CT molecular complexity index is 1410. The van der Waals surface area contributed by atoms with Crippen molar-refractivity contribution in [2.24, 2.45) is 0 Å². The van der Waals surface area contributed by atoms with E-state index in [-0.39, 0.29) is 18.3 Å². The zero-order valence-electron chi connectivity index (χ0n) is 21.0. The molecule has 0 aliphatic carbocycles. The van der Waals surface area contributed by atoms with E-state index < -0.39 is 6.09 Å². The van der Waals surface area contributed by atoms with Crippen molar-refractivity contribution in [3.05, 3.63) is 65.9 Å². The van der Waals surface area contributed by atoms with Gasteiger partial charge in [0.15, 0.2) is 5.65 Å². The number of carbonyl (C=O) groups is 2. The molecule has 0 aromatic carbocycles. The van der Waals surface area contributed by atoms with Crippen LogP contribution in [0.4, 0.5) is 10.6 Å². The van der Waals surface area contributed by atoms with Gasteiger partial charge in [-0.25, -0.2) is 19.3 Å². The van der Waals surface area contributed by atoms with E-state index in [4.69, 9.17) is 9.72 Å². The molecular weight excluding hydrogens is 490 g/mol. The number of rotatable bonds is 10. The predicted octanol–water partition coefficient (Wildman–Crippen LogP) is 4.67. The maximum absolute atomic E-state index is 13.1. The summed E-state index contributed by atoms with van der Waals surface area (Å²) < 4.78 is 6.64. The number of hydrogen-bond donors (Lipinski definition) is 2. The molecule has 0 aliphatic rings. The molecule has 11 heteroatoms. The number of carbonyl (C=O) groups excluding carboxylic acids is 2. The first-order valence-corrected chi connectivity index (χ1v) is 12.9. The monoisotopic (exact) mass is 519 g/mol. The Kier molecular flexibility index (Phi) is 8.14. The van der Waals surface area contributed by atoms with Gasteiger partial charge in [0.2, 0.25) is 0 Å². The van der Waals surface area contributed by atoms with Gasteiger partial charge in [0.05, 0.1) is 41.2 Å². The molecular formula is C26H29N7O3S. The second-order valence-electron chi connectivity index (χ2n) is 8.01. The SMILES string of the molecule is C=C(CNC(=O)c1cc(NC(=O)OCC)nc(-c2cnn3ccc(-c4cccs4)nc23)c1)N(CC)CC. The number of likely N-dealkylation sites (N-methyl/N-ethyl adjacent to an activating group) is 1. The van der Waals surface area contributed by atoms with Crippen LogP contribution < -0.4 is 10.6 Å². The maximum Gasteiger partial charge on any atom is 0.412 e. The summed E-state index contributed by atoms with van der Waals surface area (Å²) in [5.74, 6) is -0.148. The van der Waals surface area contributed by atoms with Gasteiger partial charge in [-0.2, -0.15) is 5.10 Å². The summed E-state index contributed by atoms with van der Waals surface area (Å²) in [6.45, 7) is 11.9. The minimum Gasteiger partial charge on any atom is -0.450 e. The van der Waals surface area contributed by atoms with Crippen molar-refractivity contribution in [3.63, 3.8) is 0 Å². The Morgan fingerprint density at radius 2 is 1.95 bits per heavy atom. The fraction of sp³-hybridized carbons (Fsp3) is 0.269. The molecule has 10 nitrogen and oxygen atoms in total. The second-order valence-corrected chi connectivity index (χ2v) is 8.96. The number of nitrogens with zero attached hydrogens (tertiary/aromatic N) is 5. The standard InChI is InChI=1S/C26H29N7O3S/c1-5-32(6-2)17(4)15-27-25(34)18-13-21(29-23(14-18)31-26(35)36-7-3)19-16-28-33-11-10-20(30-24(19)33)22-9-8-12-37-22/h8-14,16H,4-7,15H2,1-3H3,(H,27,34)(H,29,31,35). The number of thiophene rings is 1. The Morgan fingerprint density at radius 3 is 2.65 bits per heavy atom. The molecule has 0 radical (unpaired) electrons. The Balaban J connectivity index is 1.70. The molecule has 0 saturated heterocycles. The van der Waals surface area contributed by atoms with Gasteiger partial charge < -0.3 is 15.0 Å². The predicted molar refractivity (Wildman–Crippen MR) is 145 cm³/mol. The minimum absolute atomic E-state index is 0.178. The summed E-state index contributed by atoms with van der Waals surface area (Å²) in [5, 5.41) is 11.9. The van der Waals surface area contributed by atoms with Crippen LogP contribution in [0.25, 0.3) is 27.5 Å². The Morgan fingerprint density at radius 1 is 1.14 bits per heavy atom. The van der Waals surface area contributed by atoms with Crippen LogP contribution in [0.3, 0.4) is 0 Å². The first-order chi connectivity index (χ1) is 17.9. The highest BCUT2D eigenvalue weighted by Gasteiger charge is 2.17. The molecule has 0 bridgehead atoms. The lowest BCUT2D eigenvalue weighted by Crippen LogP contribution is -2.32. The highest BCUT2D eigenvalue weighted by molar-refractivity contribution is 7.13. The second kappa shape index (κ2) is 11.7. The molecule has 4 heterocycles. The van der Waals surface area contributed by atoms with Crippen molar-refractivity contribution >= 4 is 34.8 Å². The van der Waals surface area contributed by atoms with E-state index >= 15 is 0 Å². The van der Waals surface area contributed by atoms with Crippen molar-refractivity contribution in [1.82, 2.24) is 29.8 Å². The summed E-state index contributed by atoms with van der Waals surface area (Å²) in [5.41, 5.74) is 3.56. The largest absolute Gasteiger partial charge is 0.450 e. The summed E-state index contributed by atoms with van der Waals surface area (Å²) >= 11 is 1.59. The summed E-state index contributed by atoms with van der Waals surface area (Å²) in [7, 11) is 0. The number of hydrogen-bond acceptors (Lipinski definition) is 8. The van der Waals surface area contributed by atoms with Crippen molar-refractivity contribution in [2.75, 3.05) is 31.6 Å². The Hall–Kier alpha value is -4.25. The third kappa shape index (κ3) is 5.95. The first-order valence-electron chi connectivity index (χ1n) is 12.0. The van der Waals surface area contributed by atoms with Crippen LogP contribution in [0.15, 0.2) is 60.4 Å². The van der Waals surface area contributed by atoms with E-state index in [0.29, 0.717) is 29.0 Å². The van der Waals surface area contributed by atoms with Gasteiger partial charge >= 0.3 is 6.09 Å². The number of ether oxygens (including phenoxy) is 1. The average Bonchev–Trinajstić information content (AvgIpc) is 3.58. The van der Waals surface area contributed by atoms with Crippen molar-refractivity contribution in [1.29, 1.82) is 0 Å². The lowest BCUT2D eigenvalue weighted by molar-refractivity contribution is 0.0954. The highest BCUT2D eigenvalue weighted by Crippen LogP contribution is 2.28. The molecule has 37 heavy (non-hydrogen) atoms. The topological polar surface area (TPSA) is 114 Å². The van der Waals surface area contributed by atoms with E-state index in [1.165, 1.54) is 6.07 Å². The van der Waals surface area contributed by atoms with Crippen LogP contribution in [-0.2, 0) is 4.74 Å². The van der Waals surface area contributed by atoms with Crippen LogP contribution in [0.2, 0.25) is 0 Å². The lowest BCUT2D eigenvalue weighted by Gasteiger charge is -2.23. The normalized spacial score (nSPS) is 10.8. The van der Waals surface area contributed by atoms with Gasteiger partial charge in [-0.05, 0) is 50.4 Å². The smallest absolute Gasteiger partial charge is 0.412 e. The number of aromatic nitrogens is 4. The number of anilines is 1. The van der Waals surface area contributed by atoms with Crippen LogP contribution in [0, 0.1) is 0 Å². The van der Waals surface area contributed by atoms with Crippen molar-refractivity contribution < 1.29 is 14.3 Å². The van der Waals surface area contributed by atoms with E-state index in [2.05, 4.69) is 32.2 Å². The van der Waals surface area contributed by atoms with Gasteiger partial charge in [0.25, 0.3) is 5.91 Å². The van der Waals surface area contributed by atoms with Crippen molar-refractivity contribution in [2.45, 2.75) is 20.8 Å². The van der Waals surface area contributed by atoms with E-state index in [0.717, 1.165) is 29.4 Å². The van der Waals surface area contributed by atoms with Gasteiger partial charge in [0, 0.05) is 30.5 Å². The molecule has 0 aliphatic heterocycles. The molecule has 0 unspecified atom stereocenters. The fourth-order valence-corrected chi connectivity index (χ4v) is 4.51. The molecule has 4 aromatic rings. The third-order valence-corrected chi connectivity index (χ3v) is 6.57. The highest BCUT2D eigenvalue weighted by atomic mass is 32.1. The zero-order valence-corrected chi connectivity index (χ0v) is 21.8. The number of nitrogens with one attached hydrogen (secondary N) is 2. The molecule has 0 atom stereocenters. The van der Waals surface area contributed by atoms with Crippen molar-refractivity contribution in [3.8, 4) is 21.8 Å². The molecule has 0 spiro atoms. The molecule has 2 amide bonds. The molecule has 192 valence electrons. The van der Waals surface area contributed by atoms with Gasteiger partial charge in [-0.3, -0.25) is 10.1 Å². The quantitative estimate of drug-likeness (QED) is 0.313. The minimum atomic E-state index is -0.661. The van der Waals surface area contributed by atoms with Crippen LogP contribution in [0.1, 0.15) is 31.1 Å². The molecule has 4 aromatic heterocycles. The summed E-state index contributed by atoms with van der Waals surface area (Å²) in [4.78, 5) is 37.7. The number of pyridine rings is 1. The average molecular weight is 520 g/mol. The lowest BCUT2D eigenvalue weighted by atomic mass is 10.1. The number of amides is 2. The zero-order chi connectivity index (χ0) is 26.4. The van der Waals surface area contributed by atoms with Crippen LogP contribution >= 0.6 is 11.3 Å². The van der Waals surface area contributed by atoms with Crippen LogP contribution in [-0.4, -0.2) is 62.7 Å². The molecule has 2 N–H and O–H groups in total. The molecule has 4 rings (SSSR count). The third-order valence-electron chi connectivity index (χ3n) is 5.68. The Labute approximate surface area is 219 Å². The van der Waals surface area contributed by atoms with Gasteiger partial charge in [0.1, 0.15) is 5.82 Å². The van der Waals surface area contributed by atoms with Crippen LogP contribution in [0.5, 0.6) is 0 Å².